The lowest BCUT2D eigenvalue weighted by atomic mass is 10.1. The van der Waals surface area contributed by atoms with Crippen molar-refractivity contribution in [1.82, 2.24) is 15.1 Å². The van der Waals surface area contributed by atoms with Gasteiger partial charge in [-0.3, -0.25) is 14.5 Å². The van der Waals surface area contributed by atoms with Crippen molar-refractivity contribution in [2.24, 2.45) is 0 Å². The lowest BCUT2D eigenvalue weighted by Gasteiger charge is -2.22. The van der Waals surface area contributed by atoms with E-state index >= 15 is 0 Å². The molecule has 6 nitrogen and oxygen atoms in total. The molecule has 0 bridgehead atoms. The summed E-state index contributed by atoms with van der Waals surface area (Å²) in [7, 11) is 0. The largest absolute Gasteiger partial charge is 0.339 e. The van der Waals surface area contributed by atoms with Crippen LogP contribution in [-0.4, -0.2) is 47.3 Å². The number of amides is 4. The molecule has 0 spiro atoms. The van der Waals surface area contributed by atoms with Crippen LogP contribution in [-0.2, 0) is 11.3 Å². The Morgan fingerprint density at radius 3 is 2.39 bits per heavy atom. The minimum absolute atomic E-state index is 0.00504. The number of imide groups is 1. The lowest BCUT2D eigenvalue weighted by Crippen LogP contribution is -2.34. The van der Waals surface area contributed by atoms with Crippen molar-refractivity contribution in [2.45, 2.75) is 32.2 Å². The Morgan fingerprint density at radius 1 is 1.04 bits per heavy atom. The van der Waals surface area contributed by atoms with Gasteiger partial charge in [-0.15, -0.1) is 0 Å². The van der Waals surface area contributed by atoms with Gasteiger partial charge < -0.3 is 10.2 Å². The zero-order valence-corrected chi connectivity index (χ0v) is 13.1. The number of benzene rings is 1. The summed E-state index contributed by atoms with van der Waals surface area (Å²) < 4.78 is 0. The van der Waals surface area contributed by atoms with Gasteiger partial charge >= 0.3 is 6.03 Å². The van der Waals surface area contributed by atoms with E-state index in [0.717, 1.165) is 43.7 Å². The maximum Gasteiger partial charge on any atom is 0.324 e. The van der Waals surface area contributed by atoms with E-state index in [4.69, 9.17) is 0 Å². The van der Waals surface area contributed by atoms with Gasteiger partial charge in [0.2, 0.25) is 5.91 Å². The highest BCUT2D eigenvalue weighted by Crippen LogP contribution is 2.18. The van der Waals surface area contributed by atoms with Crippen LogP contribution in [0.25, 0.3) is 0 Å². The van der Waals surface area contributed by atoms with Crippen LogP contribution in [0.1, 0.15) is 41.6 Å². The monoisotopic (exact) mass is 315 g/mol. The summed E-state index contributed by atoms with van der Waals surface area (Å²) in [6.45, 7) is 1.72. The van der Waals surface area contributed by atoms with Gasteiger partial charge in [-0.25, -0.2) is 4.79 Å². The number of carbonyl (C=O) groups is 3. The molecule has 0 unspecified atom stereocenters. The van der Waals surface area contributed by atoms with E-state index in [0.29, 0.717) is 11.1 Å². The maximum absolute atomic E-state index is 12.8. The first-order valence-electron chi connectivity index (χ1n) is 8.12. The molecule has 3 rings (SSSR count). The molecule has 1 aromatic rings. The first-order chi connectivity index (χ1) is 11.2. The van der Waals surface area contributed by atoms with Crippen LogP contribution < -0.4 is 5.32 Å². The van der Waals surface area contributed by atoms with Crippen LogP contribution in [0.5, 0.6) is 0 Å². The average molecular weight is 315 g/mol. The van der Waals surface area contributed by atoms with Crippen molar-refractivity contribution in [1.29, 1.82) is 0 Å². The smallest absolute Gasteiger partial charge is 0.324 e. The number of rotatable bonds is 3. The van der Waals surface area contributed by atoms with Crippen LogP contribution >= 0.6 is 0 Å². The molecule has 4 amide bonds. The van der Waals surface area contributed by atoms with Crippen LogP contribution in [0.2, 0.25) is 0 Å². The Labute approximate surface area is 135 Å². The predicted molar refractivity (Wildman–Crippen MR) is 84.8 cm³/mol. The molecule has 0 radical (unpaired) electrons. The molecule has 2 aliphatic heterocycles. The van der Waals surface area contributed by atoms with Gasteiger partial charge in [-0.05, 0) is 24.5 Å². The van der Waals surface area contributed by atoms with Gasteiger partial charge in [0.25, 0.3) is 5.91 Å². The van der Waals surface area contributed by atoms with E-state index in [1.165, 1.54) is 0 Å². The van der Waals surface area contributed by atoms with Crippen LogP contribution in [0.3, 0.4) is 0 Å². The fourth-order valence-electron chi connectivity index (χ4n) is 3.10. The first kappa shape index (κ1) is 15.5. The highest BCUT2D eigenvalue weighted by atomic mass is 16.2. The van der Waals surface area contributed by atoms with Gasteiger partial charge in [0, 0.05) is 18.7 Å². The van der Waals surface area contributed by atoms with Crippen molar-refractivity contribution in [3.8, 4) is 0 Å². The Kier molecular flexibility index (Phi) is 4.60. The average Bonchev–Trinajstić information content (AvgIpc) is 2.78. The molecular formula is C17H21N3O3. The number of hydrogen-bond donors (Lipinski definition) is 1. The van der Waals surface area contributed by atoms with Crippen LogP contribution in [0.15, 0.2) is 24.3 Å². The van der Waals surface area contributed by atoms with Gasteiger partial charge in [0.15, 0.2) is 0 Å². The van der Waals surface area contributed by atoms with Crippen LogP contribution in [0, 0.1) is 0 Å². The first-order valence-corrected chi connectivity index (χ1v) is 8.12. The van der Waals surface area contributed by atoms with Crippen molar-refractivity contribution < 1.29 is 14.4 Å². The topological polar surface area (TPSA) is 69.7 Å². The standard InChI is InChI=1S/C17H21N3O3/c21-15-11-18-17(23)20(15)12-13-7-3-4-8-14(13)16(22)19-9-5-1-2-6-10-19/h3-4,7-8H,1-2,5-6,9-12H2,(H,18,23). The number of carbonyl (C=O) groups excluding carboxylic acids is 3. The van der Waals surface area contributed by atoms with Gasteiger partial charge in [0.05, 0.1) is 13.1 Å². The molecule has 0 saturated carbocycles. The molecule has 0 atom stereocenters. The van der Waals surface area contributed by atoms with Gasteiger partial charge in [-0.2, -0.15) is 0 Å². The molecule has 122 valence electrons. The Bertz CT molecular complexity index is 605. The highest BCUT2D eigenvalue weighted by Gasteiger charge is 2.30. The third-order valence-electron chi connectivity index (χ3n) is 4.41. The molecule has 1 N–H and O–H groups in total. The van der Waals surface area contributed by atoms with Gasteiger partial charge in [-0.1, -0.05) is 31.0 Å². The SMILES string of the molecule is O=C(c1ccccc1CN1C(=O)CNC1=O)N1CCCCCC1. The van der Waals surface area contributed by atoms with E-state index in [1.807, 2.05) is 23.1 Å². The van der Waals surface area contributed by atoms with Gasteiger partial charge in [0.1, 0.15) is 0 Å². The minimum Gasteiger partial charge on any atom is -0.339 e. The van der Waals surface area contributed by atoms with Crippen molar-refractivity contribution in [3.05, 3.63) is 35.4 Å². The molecule has 23 heavy (non-hydrogen) atoms. The van der Waals surface area contributed by atoms with E-state index in [-0.39, 0.29) is 24.9 Å². The summed E-state index contributed by atoms with van der Waals surface area (Å²) in [6.07, 6.45) is 4.38. The molecule has 2 heterocycles. The molecule has 2 aliphatic rings. The molecule has 1 aromatic carbocycles. The van der Waals surface area contributed by atoms with Crippen molar-refractivity contribution in [3.63, 3.8) is 0 Å². The number of likely N-dealkylation sites (tertiary alicyclic amines) is 1. The Morgan fingerprint density at radius 2 is 1.74 bits per heavy atom. The fourth-order valence-corrected chi connectivity index (χ4v) is 3.10. The van der Waals surface area contributed by atoms with Crippen molar-refractivity contribution in [2.75, 3.05) is 19.6 Å². The number of urea groups is 1. The van der Waals surface area contributed by atoms with E-state index in [2.05, 4.69) is 5.32 Å². The normalized spacial score (nSPS) is 18.8. The minimum atomic E-state index is -0.396. The van der Waals surface area contributed by atoms with E-state index in [1.54, 1.807) is 6.07 Å². The Hall–Kier alpha value is -2.37. The molecular weight excluding hydrogens is 294 g/mol. The summed E-state index contributed by atoms with van der Waals surface area (Å²) in [5, 5.41) is 2.50. The van der Waals surface area contributed by atoms with E-state index in [9.17, 15) is 14.4 Å². The summed E-state index contributed by atoms with van der Waals surface area (Å²) >= 11 is 0. The highest BCUT2D eigenvalue weighted by molar-refractivity contribution is 6.02. The third-order valence-corrected chi connectivity index (χ3v) is 4.41. The quantitative estimate of drug-likeness (QED) is 0.864. The van der Waals surface area contributed by atoms with Crippen molar-refractivity contribution >= 4 is 17.8 Å². The van der Waals surface area contributed by atoms with Crippen LogP contribution in [0.4, 0.5) is 4.79 Å². The second kappa shape index (κ2) is 6.81. The lowest BCUT2D eigenvalue weighted by molar-refractivity contribution is -0.125. The maximum atomic E-state index is 12.8. The molecule has 0 aromatic heterocycles. The molecule has 2 fully saturated rings. The zero-order chi connectivity index (χ0) is 16.2. The summed E-state index contributed by atoms with van der Waals surface area (Å²) in [6, 6.07) is 6.84. The number of nitrogens with zero attached hydrogens (tertiary/aromatic N) is 2. The summed E-state index contributed by atoms with van der Waals surface area (Å²) in [4.78, 5) is 39.4. The number of nitrogens with one attached hydrogen (secondary N) is 1. The molecule has 6 heteroatoms. The number of hydrogen-bond acceptors (Lipinski definition) is 3. The summed E-state index contributed by atoms with van der Waals surface area (Å²) in [5.41, 5.74) is 1.30. The predicted octanol–water partition coefficient (Wildman–Crippen LogP) is 1.75. The fraction of sp³-hybridized carbons (Fsp3) is 0.471. The summed E-state index contributed by atoms with van der Waals surface area (Å²) in [5.74, 6) is -0.262. The van der Waals surface area contributed by atoms with E-state index < -0.39 is 6.03 Å². The Balaban J connectivity index is 1.81. The molecule has 0 aliphatic carbocycles. The molecule has 2 saturated heterocycles. The second-order valence-electron chi connectivity index (χ2n) is 6.00. The zero-order valence-electron chi connectivity index (χ0n) is 13.1. The third kappa shape index (κ3) is 3.36. The second-order valence-corrected chi connectivity index (χ2v) is 6.00.